The van der Waals surface area contributed by atoms with E-state index in [0.717, 1.165) is 30.1 Å². The molecule has 2 aliphatic rings. The Bertz CT molecular complexity index is 698. The molecule has 144 valence electrons. The van der Waals surface area contributed by atoms with Gasteiger partial charge in [-0.1, -0.05) is 36.8 Å². The maximum absolute atomic E-state index is 12.6. The summed E-state index contributed by atoms with van der Waals surface area (Å²) in [5, 5.41) is 2.26. The summed E-state index contributed by atoms with van der Waals surface area (Å²) < 4.78 is 0. The molecule has 3 rings (SSSR count). The largest absolute Gasteiger partial charge is 0.330 e. The highest BCUT2D eigenvalue weighted by Gasteiger charge is 2.39. The minimum Gasteiger partial charge on any atom is -0.302 e. The summed E-state index contributed by atoms with van der Waals surface area (Å²) >= 11 is 0. The van der Waals surface area contributed by atoms with Gasteiger partial charge in [0.15, 0.2) is 5.92 Å². The fourth-order valence-corrected chi connectivity index (χ4v) is 3.42. The number of nitrogens with zero attached hydrogens (tertiary/aromatic N) is 3. The fraction of sp³-hybridized carbons (Fsp3) is 0.500. The third-order valence-corrected chi connectivity index (χ3v) is 5.01. The van der Waals surface area contributed by atoms with Gasteiger partial charge in [-0.2, -0.15) is 0 Å². The van der Waals surface area contributed by atoms with E-state index in [4.69, 9.17) is 0 Å². The van der Waals surface area contributed by atoms with E-state index in [2.05, 4.69) is 15.2 Å². The first-order valence-electron chi connectivity index (χ1n) is 9.57. The molecular weight excluding hydrogens is 344 g/mol. The van der Waals surface area contributed by atoms with Crippen LogP contribution in [0.5, 0.6) is 0 Å². The molecule has 7 nitrogen and oxygen atoms in total. The SMILES string of the molecule is O=C1NC(=O)N(CCc2ccccc2)C(=O)[C@@H]1C=NCCN1CCCCC1. The molecule has 7 heteroatoms. The molecule has 0 saturated carbocycles. The Kier molecular flexibility index (Phi) is 6.70. The highest BCUT2D eigenvalue weighted by molar-refractivity contribution is 6.23. The Morgan fingerprint density at radius 1 is 1.04 bits per heavy atom. The summed E-state index contributed by atoms with van der Waals surface area (Å²) in [6.07, 6.45) is 5.65. The number of piperidine rings is 1. The summed E-state index contributed by atoms with van der Waals surface area (Å²) in [5.41, 5.74) is 1.03. The van der Waals surface area contributed by atoms with Crippen LogP contribution in [0, 0.1) is 5.92 Å². The van der Waals surface area contributed by atoms with Gasteiger partial charge in [0, 0.05) is 19.3 Å². The first-order chi connectivity index (χ1) is 13.1. The standard InChI is InChI=1S/C20H26N4O3/c25-18-17(15-21-10-14-23-11-5-2-6-12-23)19(26)24(20(27)22-18)13-9-16-7-3-1-4-8-16/h1,3-4,7-8,15,17H,2,5-6,9-14H2,(H,22,25,27)/t17-/m1/s1. The second-order valence-electron chi connectivity index (χ2n) is 6.96. The number of amides is 4. The number of imide groups is 2. The molecule has 0 bridgehead atoms. The molecule has 2 fully saturated rings. The predicted octanol–water partition coefficient (Wildman–Crippen LogP) is 1.48. The number of urea groups is 1. The normalized spacial score (nSPS) is 21.7. The second kappa shape index (κ2) is 9.41. The number of barbiturate groups is 1. The molecule has 1 aromatic rings. The van der Waals surface area contributed by atoms with Crippen LogP contribution in [0.2, 0.25) is 0 Å². The van der Waals surface area contributed by atoms with E-state index < -0.39 is 23.8 Å². The van der Waals surface area contributed by atoms with Crippen LogP contribution >= 0.6 is 0 Å². The smallest absolute Gasteiger partial charge is 0.302 e. The molecule has 1 atom stereocenters. The van der Waals surface area contributed by atoms with Gasteiger partial charge >= 0.3 is 6.03 Å². The lowest BCUT2D eigenvalue weighted by atomic mass is 10.1. The number of carbonyl (C=O) groups excluding carboxylic acids is 3. The molecule has 2 aliphatic heterocycles. The van der Waals surface area contributed by atoms with Gasteiger partial charge in [0.25, 0.3) is 0 Å². The van der Waals surface area contributed by atoms with Crippen LogP contribution in [0.1, 0.15) is 24.8 Å². The number of likely N-dealkylation sites (tertiary alicyclic amines) is 1. The molecule has 1 N–H and O–H groups in total. The molecular formula is C20H26N4O3. The highest BCUT2D eigenvalue weighted by Crippen LogP contribution is 2.11. The first-order valence-corrected chi connectivity index (χ1v) is 9.57. The quantitative estimate of drug-likeness (QED) is 0.582. The van der Waals surface area contributed by atoms with Crippen LogP contribution in [0.15, 0.2) is 35.3 Å². The van der Waals surface area contributed by atoms with E-state index in [9.17, 15) is 14.4 Å². The topological polar surface area (TPSA) is 82.1 Å². The van der Waals surface area contributed by atoms with Crippen molar-refractivity contribution in [3.8, 4) is 0 Å². The Morgan fingerprint density at radius 3 is 2.52 bits per heavy atom. The van der Waals surface area contributed by atoms with Crippen molar-refractivity contribution in [1.82, 2.24) is 15.1 Å². The summed E-state index contributed by atoms with van der Waals surface area (Å²) in [4.78, 5) is 44.4. The summed E-state index contributed by atoms with van der Waals surface area (Å²) in [5.74, 6) is -2.12. The van der Waals surface area contributed by atoms with Gasteiger partial charge in [-0.05, 0) is 37.9 Å². The van der Waals surface area contributed by atoms with Crippen LogP contribution < -0.4 is 5.32 Å². The predicted molar refractivity (Wildman–Crippen MR) is 103 cm³/mol. The monoisotopic (exact) mass is 370 g/mol. The number of carbonyl (C=O) groups is 3. The van der Waals surface area contributed by atoms with Crippen molar-refractivity contribution in [1.29, 1.82) is 0 Å². The van der Waals surface area contributed by atoms with Gasteiger partial charge in [-0.25, -0.2) is 4.79 Å². The molecule has 0 spiro atoms. The van der Waals surface area contributed by atoms with Gasteiger partial charge in [0.2, 0.25) is 11.8 Å². The number of rotatable bonds is 7. The van der Waals surface area contributed by atoms with Gasteiger partial charge in [0.1, 0.15) is 0 Å². The van der Waals surface area contributed by atoms with Gasteiger partial charge < -0.3 is 4.90 Å². The number of hydrogen-bond acceptors (Lipinski definition) is 5. The van der Waals surface area contributed by atoms with E-state index in [0.29, 0.717) is 13.0 Å². The second-order valence-corrected chi connectivity index (χ2v) is 6.96. The Balaban J connectivity index is 1.54. The molecule has 0 aromatic heterocycles. The lowest BCUT2D eigenvalue weighted by molar-refractivity contribution is -0.139. The van der Waals surface area contributed by atoms with Gasteiger partial charge in [-0.3, -0.25) is 24.8 Å². The molecule has 1 aromatic carbocycles. The first kappa shape index (κ1) is 19.2. The van der Waals surface area contributed by atoms with E-state index in [1.807, 2.05) is 30.3 Å². The van der Waals surface area contributed by atoms with Crippen LogP contribution in [-0.4, -0.2) is 66.6 Å². The Hall–Kier alpha value is -2.54. The van der Waals surface area contributed by atoms with Crippen LogP contribution in [0.25, 0.3) is 0 Å². The van der Waals surface area contributed by atoms with Gasteiger partial charge in [0.05, 0.1) is 6.54 Å². The zero-order valence-corrected chi connectivity index (χ0v) is 15.5. The van der Waals surface area contributed by atoms with Crippen molar-refractivity contribution in [2.45, 2.75) is 25.7 Å². The maximum Gasteiger partial charge on any atom is 0.330 e. The Morgan fingerprint density at radius 2 is 1.78 bits per heavy atom. The van der Waals surface area contributed by atoms with Crippen LogP contribution in [-0.2, 0) is 16.0 Å². The fourth-order valence-electron chi connectivity index (χ4n) is 3.42. The Labute approximate surface area is 159 Å². The van der Waals surface area contributed by atoms with Crippen LogP contribution in [0.3, 0.4) is 0 Å². The third-order valence-electron chi connectivity index (χ3n) is 5.01. The summed E-state index contributed by atoms with van der Waals surface area (Å²) in [6.45, 7) is 3.78. The van der Waals surface area contributed by atoms with E-state index >= 15 is 0 Å². The zero-order chi connectivity index (χ0) is 19.1. The minimum atomic E-state index is -1.03. The molecule has 4 amide bonds. The van der Waals surface area contributed by atoms with Crippen LogP contribution in [0.4, 0.5) is 4.79 Å². The lowest BCUT2D eigenvalue weighted by Crippen LogP contribution is -2.58. The maximum atomic E-state index is 12.6. The van der Waals surface area contributed by atoms with Crippen molar-refractivity contribution in [3.63, 3.8) is 0 Å². The average molecular weight is 370 g/mol. The van der Waals surface area contributed by atoms with E-state index in [-0.39, 0.29) is 6.54 Å². The number of aliphatic imine (C=N–C) groups is 1. The van der Waals surface area contributed by atoms with Crippen molar-refractivity contribution in [3.05, 3.63) is 35.9 Å². The minimum absolute atomic E-state index is 0.236. The highest BCUT2D eigenvalue weighted by atomic mass is 16.2. The lowest BCUT2D eigenvalue weighted by Gasteiger charge is -2.28. The number of hydrogen-bond donors (Lipinski definition) is 1. The van der Waals surface area contributed by atoms with Crippen molar-refractivity contribution in [2.75, 3.05) is 32.7 Å². The number of nitrogens with one attached hydrogen (secondary N) is 1. The van der Waals surface area contributed by atoms with E-state index in [1.165, 1.54) is 25.5 Å². The molecule has 27 heavy (non-hydrogen) atoms. The molecule has 0 aliphatic carbocycles. The zero-order valence-electron chi connectivity index (χ0n) is 15.5. The summed E-state index contributed by atoms with van der Waals surface area (Å²) in [7, 11) is 0. The molecule has 0 unspecified atom stereocenters. The van der Waals surface area contributed by atoms with Gasteiger partial charge in [-0.15, -0.1) is 0 Å². The van der Waals surface area contributed by atoms with Crippen molar-refractivity contribution >= 4 is 24.1 Å². The average Bonchev–Trinajstić information content (AvgIpc) is 2.68. The third kappa shape index (κ3) is 5.23. The molecule has 0 radical (unpaired) electrons. The summed E-state index contributed by atoms with van der Waals surface area (Å²) in [6, 6.07) is 8.97. The molecule has 2 heterocycles. The van der Waals surface area contributed by atoms with Crippen molar-refractivity contribution in [2.24, 2.45) is 10.9 Å². The van der Waals surface area contributed by atoms with Crippen molar-refractivity contribution < 1.29 is 14.4 Å². The van der Waals surface area contributed by atoms with E-state index in [1.54, 1.807) is 0 Å². The number of benzene rings is 1. The molecule has 2 saturated heterocycles.